The maximum atomic E-state index is 12.2. The predicted octanol–water partition coefficient (Wildman–Crippen LogP) is 3.73. The van der Waals surface area contributed by atoms with Crippen LogP contribution in [0.5, 0.6) is 0 Å². The van der Waals surface area contributed by atoms with Gasteiger partial charge in [-0.3, -0.25) is 9.20 Å². The summed E-state index contributed by atoms with van der Waals surface area (Å²) in [6.45, 7) is 0. The molecule has 0 atom stereocenters. The fraction of sp³-hybridized carbons (Fsp3) is 0.0625. The lowest BCUT2D eigenvalue weighted by molar-refractivity contribution is 1.01. The number of hydrogen-bond donors (Lipinski definition) is 0. The van der Waals surface area contributed by atoms with E-state index < -0.39 is 0 Å². The van der Waals surface area contributed by atoms with Crippen LogP contribution in [0.25, 0.3) is 16.8 Å². The minimum absolute atomic E-state index is 0.126. The van der Waals surface area contributed by atoms with E-state index in [0.29, 0.717) is 16.8 Å². The third-order valence-corrected chi connectivity index (χ3v) is 4.31. The molecule has 1 aromatic carbocycles. The van der Waals surface area contributed by atoms with Crippen LogP contribution in [0.3, 0.4) is 0 Å². The van der Waals surface area contributed by atoms with Gasteiger partial charge in [-0.05, 0) is 39.7 Å². The smallest absolute Gasteiger partial charge is 0.262 e. The normalized spacial score (nSPS) is 10.6. The summed E-state index contributed by atoms with van der Waals surface area (Å²) in [5.74, 6) is 0.126. The molecule has 0 saturated heterocycles. The van der Waals surface area contributed by atoms with E-state index in [1.54, 1.807) is 18.3 Å². The number of halogens is 2. The van der Waals surface area contributed by atoms with Crippen molar-refractivity contribution in [3.05, 3.63) is 68.7 Å². The average Bonchev–Trinajstić information content (AvgIpc) is 2.54. The number of aromatic nitrogens is 2. The largest absolute Gasteiger partial charge is 0.269 e. The minimum Gasteiger partial charge on any atom is -0.269 e. The Bertz CT molecular complexity index is 975. The van der Waals surface area contributed by atoms with Crippen molar-refractivity contribution in [2.24, 2.45) is 0 Å². The SMILES string of the molecule is N#Cc1c(Br)cccc1-c1ccn2c(=O)c(CCl)cnc2c1. The molecule has 3 aromatic rings. The Morgan fingerprint density at radius 2 is 2.18 bits per heavy atom. The van der Waals surface area contributed by atoms with Crippen LogP contribution in [-0.4, -0.2) is 9.38 Å². The van der Waals surface area contributed by atoms with Gasteiger partial charge in [0, 0.05) is 22.4 Å². The predicted molar refractivity (Wildman–Crippen MR) is 88.9 cm³/mol. The Labute approximate surface area is 139 Å². The molecule has 0 radical (unpaired) electrons. The van der Waals surface area contributed by atoms with Crippen molar-refractivity contribution in [1.82, 2.24) is 9.38 Å². The van der Waals surface area contributed by atoms with Gasteiger partial charge in [-0.15, -0.1) is 11.6 Å². The lowest BCUT2D eigenvalue weighted by Crippen LogP contribution is -2.18. The number of benzene rings is 1. The number of pyridine rings is 1. The third-order valence-electron chi connectivity index (χ3n) is 3.36. The minimum atomic E-state index is -0.179. The van der Waals surface area contributed by atoms with Gasteiger partial charge in [0.1, 0.15) is 11.7 Å². The zero-order valence-corrected chi connectivity index (χ0v) is 13.6. The number of fused-ring (bicyclic) bond motifs is 1. The third kappa shape index (κ3) is 2.41. The molecule has 0 bridgehead atoms. The molecule has 0 spiro atoms. The van der Waals surface area contributed by atoms with Gasteiger partial charge in [0.25, 0.3) is 5.56 Å². The topological polar surface area (TPSA) is 58.2 Å². The number of nitriles is 1. The molecule has 0 saturated carbocycles. The highest BCUT2D eigenvalue weighted by Crippen LogP contribution is 2.29. The first kappa shape index (κ1) is 14.8. The van der Waals surface area contributed by atoms with Crippen LogP contribution in [0.15, 0.2) is 52.0 Å². The summed E-state index contributed by atoms with van der Waals surface area (Å²) in [4.78, 5) is 16.4. The zero-order chi connectivity index (χ0) is 15.7. The maximum absolute atomic E-state index is 12.2. The van der Waals surface area contributed by atoms with Crippen LogP contribution in [0.2, 0.25) is 0 Å². The van der Waals surface area contributed by atoms with Crippen LogP contribution >= 0.6 is 27.5 Å². The van der Waals surface area contributed by atoms with Gasteiger partial charge in [0.15, 0.2) is 0 Å². The molecule has 0 aliphatic heterocycles. The lowest BCUT2D eigenvalue weighted by Gasteiger charge is -2.08. The van der Waals surface area contributed by atoms with E-state index in [1.807, 2.05) is 18.2 Å². The Balaban J connectivity index is 2.25. The van der Waals surface area contributed by atoms with Crippen molar-refractivity contribution in [3.8, 4) is 17.2 Å². The molecule has 2 aromatic heterocycles. The zero-order valence-electron chi connectivity index (χ0n) is 11.3. The summed E-state index contributed by atoms with van der Waals surface area (Å²) >= 11 is 9.10. The summed E-state index contributed by atoms with van der Waals surface area (Å²) in [5, 5.41) is 9.32. The van der Waals surface area contributed by atoms with Gasteiger partial charge in [-0.1, -0.05) is 12.1 Å². The first-order valence-electron chi connectivity index (χ1n) is 6.41. The molecule has 0 unspecified atom stereocenters. The van der Waals surface area contributed by atoms with Crippen molar-refractivity contribution in [2.75, 3.05) is 0 Å². The van der Waals surface area contributed by atoms with Crippen LogP contribution in [-0.2, 0) is 5.88 Å². The van der Waals surface area contributed by atoms with Crippen LogP contribution < -0.4 is 5.56 Å². The molecular formula is C16H9BrClN3O. The monoisotopic (exact) mass is 373 g/mol. The Kier molecular flexibility index (Phi) is 3.97. The summed E-state index contributed by atoms with van der Waals surface area (Å²) in [6.07, 6.45) is 3.14. The van der Waals surface area contributed by atoms with Crippen LogP contribution in [0.1, 0.15) is 11.1 Å². The molecule has 0 N–H and O–H groups in total. The standard InChI is InChI=1S/C16H9BrClN3O/c17-14-3-1-2-12(13(14)8-19)10-4-5-21-15(6-10)20-9-11(7-18)16(21)22/h1-6,9H,7H2. The van der Waals surface area contributed by atoms with Crippen molar-refractivity contribution in [1.29, 1.82) is 5.26 Å². The van der Waals surface area contributed by atoms with Crippen molar-refractivity contribution in [2.45, 2.75) is 5.88 Å². The van der Waals surface area contributed by atoms with Gasteiger partial charge in [0.05, 0.1) is 17.0 Å². The number of nitrogens with zero attached hydrogens (tertiary/aromatic N) is 3. The molecular weight excluding hydrogens is 366 g/mol. The first-order valence-corrected chi connectivity index (χ1v) is 7.73. The highest BCUT2D eigenvalue weighted by molar-refractivity contribution is 9.10. The summed E-state index contributed by atoms with van der Waals surface area (Å²) in [5.41, 5.74) is 2.94. The van der Waals surface area contributed by atoms with Crippen molar-refractivity contribution >= 4 is 33.2 Å². The lowest BCUT2D eigenvalue weighted by atomic mass is 10.0. The Morgan fingerprint density at radius 1 is 1.36 bits per heavy atom. The number of rotatable bonds is 2. The summed E-state index contributed by atoms with van der Waals surface area (Å²) in [6, 6.07) is 11.3. The molecule has 2 heterocycles. The van der Waals surface area contributed by atoms with Gasteiger partial charge in [-0.2, -0.15) is 5.26 Å². The van der Waals surface area contributed by atoms with E-state index in [1.165, 1.54) is 10.6 Å². The van der Waals surface area contributed by atoms with Gasteiger partial charge < -0.3 is 0 Å². The van der Waals surface area contributed by atoms with Crippen molar-refractivity contribution < 1.29 is 0 Å². The average molecular weight is 375 g/mol. The molecule has 0 aliphatic rings. The molecule has 3 rings (SSSR count). The summed E-state index contributed by atoms with van der Waals surface area (Å²) in [7, 11) is 0. The molecule has 0 amide bonds. The highest BCUT2D eigenvalue weighted by atomic mass is 79.9. The van der Waals surface area contributed by atoms with E-state index in [2.05, 4.69) is 27.0 Å². The van der Waals surface area contributed by atoms with Crippen LogP contribution in [0.4, 0.5) is 0 Å². The Morgan fingerprint density at radius 3 is 2.91 bits per heavy atom. The van der Waals surface area contributed by atoms with Gasteiger partial charge >= 0.3 is 0 Å². The van der Waals surface area contributed by atoms with Gasteiger partial charge in [-0.25, -0.2) is 4.98 Å². The molecule has 6 heteroatoms. The molecule has 0 fully saturated rings. The molecule has 108 valence electrons. The second-order valence-corrected chi connectivity index (χ2v) is 5.76. The quantitative estimate of drug-likeness (QED) is 0.642. The van der Waals surface area contributed by atoms with Crippen molar-refractivity contribution in [3.63, 3.8) is 0 Å². The summed E-state index contributed by atoms with van der Waals surface area (Å²) < 4.78 is 2.18. The fourth-order valence-electron chi connectivity index (χ4n) is 2.25. The van der Waals surface area contributed by atoms with E-state index in [0.717, 1.165) is 15.6 Å². The molecule has 22 heavy (non-hydrogen) atoms. The second kappa shape index (κ2) is 5.91. The molecule has 0 aliphatic carbocycles. The first-order chi connectivity index (χ1) is 10.7. The van der Waals surface area contributed by atoms with E-state index in [9.17, 15) is 10.1 Å². The Hall–Kier alpha value is -2.16. The highest BCUT2D eigenvalue weighted by Gasteiger charge is 2.10. The van der Waals surface area contributed by atoms with Gasteiger partial charge in [0.2, 0.25) is 0 Å². The van der Waals surface area contributed by atoms with E-state index in [4.69, 9.17) is 11.6 Å². The number of hydrogen-bond acceptors (Lipinski definition) is 3. The second-order valence-electron chi connectivity index (χ2n) is 4.64. The van der Waals surface area contributed by atoms with E-state index in [-0.39, 0.29) is 11.4 Å². The van der Waals surface area contributed by atoms with Crippen LogP contribution in [0, 0.1) is 11.3 Å². The van der Waals surface area contributed by atoms with E-state index >= 15 is 0 Å². The molecule has 4 nitrogen and oxygen atoms in total. The number of alkyl halides is 1. The fourth-order valence-corrected chi connectivity index (χ4v) is 2.89. The maximum Gasteiger partial charge on any atom is 0.262 e.